The molecule has 0 bridgehead atoms. The number of nitrogens with two attached hydrogens (primary N) is 1. The van der Waals surface area contributed by atoms with E-state index in [0.29, 0.717) is 19.4 Å². The maximum atomic E-state index is 13.9. The van der Waals surface area contributed by atoms with Crippen LogP contribution in [-0.4, -0.2) is 105 Å². The monoisotopic (exact) mass is 644 g/mol. The van der Waals surface area contributed by atoms with Gasteiger partial charge in [0.1, 0.15) is 6.04 Å². The number of likely N-dealkylation sites (tertiary alicyclic amines) is 1. The van der Waals surface area contributed by atoms with Crippen molar-refractivity contribution in [3.05, 3.63) is 35.4 Å². The van der Waals surface area contributed by atoms with Crippen LogP contribution in [-0.2, 0) is 39.8 Å². The van der Waals surface area contributed by atoms with E-state index in [2.05, 4.69) is 12.2 Å². The van der Waals surface area contributed by atoms with Crippen LogP contribution in [0.4, 0.5) is 0 Å². The molecule has 2 aliphatic rings. The average Bonchev–Trinajstić information content (AvgIpc) is 3.52. The van der Waals surface area contributed by atoms with Crippen molar-refractivity contribution in [2.24, 2.45) is 23.5 Å². The normalized spacial score (nSPS) is 22.0. The van der Waals surface area contributed by atoms with Gasteiger partial charge in [-0.25, -0.2) is 4.79 Å². The van der Waals surface area contributed by atoms with Gasteiger partial charge in [-0.3, -0.25) is 14.4 Å². The third-order valence-electron chi connectivity index (χ3n) is 10.3. The lowest BCUT2D eigenvalue weighted by Crippen LogP contribution is -2.56. The number of hydrogen-bond acceptors (Lipinski definition) is 8. The van der Waals surface area contributed by atoms with Gasteiger partial charge in [-0.05, 0) is 42.2 Å². The Labute approximate surface area is 274 Å². The average molecular weight is 645 g/mol. The molecule has 0 radical (unpaired) electrons. The second kappa shape index (κ2) is 16.7. The number of nitrogens with one attached hydrogen (secondary N) is 1. The van der Waals surface area contributed by atoms with Crippen molar-refractivity contribution in [1.29, 1.82) is 0 Å². The maximum Gasteiger partial charge on any atom is 0.329 e. The van der Waals surface area contributed by atoms with Crippen molar-refractivity contribution in [1.82, 2.24) is 15.1 Å². The zero-order valence-corrected chi connectivity index (χ0v) is 29.2. The molecule has 1 aliphatic heterocycles. The van der Waals surface area contributed by atoms with Gasteiger partial charge in [0.05, 0.1) is 49.8 Å². The Bertz CT molecular complexity index is 1210. The van der Waals surface area contributed by atoms with E-state index in [1.165, 1.54) is 7.11 Å². The Kier molecular flexibility index (Phi) is 13.6. The lowest BCUT2D eigenvalue weighted by molar-refractivity contribution is -0.149. The molecular weight excluding hydrogens is 588 g/mol. The number of amides is 3. The molecule has 9 unspecified atom stereocenters. The minimum Gasteiger partial charge on any atom is -0.467 e. The summed E-state index contributed by atoms with van der Waals surface area (Å²) in [6.07, 6.45) is 1.82. The number of rotatable bonds is 16. The van der Waals surface area contributed by atoms with Crippen LogP contribution in [0.1, 0.15) is 77.3 Å². The fourth-order valence-corrected chi connectivity index (χ4v) is 7.16. The van der Waals surface area contributed by atoms with Crippen LogP contribution in [0.25, 0.3) is 0 Å². The molecule has 1 aliphatic carbocycles. The van der Waals surface area contributed by atoms with Gasteiger partial charge in [-0.2, -0.15) is 0 Å². The van der Waals surface area contributed by atoms with E-state index in [-0.39, 0.29) is 54.0 Å². The third-order valence-corrected chi connectivity index (χ3v) is 10.3. The van der Waals surface area contributed by atoms with Crippen LogP contribution in [0, 0.1) is 17.8 Å². The molecule has 11 nitrogen and oxygen atoms in total. The highest BCUT2D eigenvalue weighted by molar-refractivity contribution is 5.87. The standard InChI is InChI=1S/C35H56N4O7/c1-10-21(4)31(38(6)34(42)29(36)20(2)3)27(44-7)19-28(40)39-17-13-16-26(39)32(45-8)22(5)33(41)37-30(35(43)46-9)25-18-23-14-11-12-15-24(23)25/h11-12,14-15,20-22,25-27,29-32H,10,13,16-19,36H2,1-9H3,(H,37,41). The molecule has 1 heterocycles. The van der Waals surface area contributed by atoms with Crippen molar-refractivity contribution < 1.29 is 33.4 Å². The molecule has 1 aromatic carbocycles. The van der Waals surface area contributed by atoms with Crippen molar-refractivity contribution >= 4 is 23.7 Å². The molecule has 3 N–H and O–H groups in total. The predicted octanol–water partition coefficient (Wildman–Crippen LogP) is 2.89. The quantitative estimate of drug-likeness (QED) is 0.262. The summed E-state index contributed by atoms with van der Waals surface area (Å²) in [4.78, 5) is 57.1. The summed E-state index contributed by atoms with van der Waals surface area (Å²) < 4.78 is 16.9. The first-order valence-electron chi connectivity index (χ1n) is 16.7. The largest absolute Gasteiger partial charge is 0.467 e. The number of nitrogens with zero attached hydrogens (tertiary/aromatic N) is 2. The van der Waals surface area contributed by atoms with E-state index < -0.39 is 36.2 Å². The number of benzene rings is 1. The molecule has 0 spiro atoms. The number of esters is 1. The van der Waals surface area contributed by atoms with Gasteiger partial charge in [0.2, 0.25) is 17.7 Å². The first-order chi connectivity index (χ1) is 21.8. The van der Waals surface area contributed by atoms with Gasteiger partial charge < -0.3 is 35.1 Å². The van der Waals surface area contributed by atoms with Gasteiger partial charge in [-0.15, -0.1) is 0 Å². The van der Waals surface area contributed by atoms with E-state index >= 15 is 0 Å². The molecule has 258 valence electrons. The van der Waals surface area contributed by atoms with Gasteiger partial charge >= 0.3 is 5.97 Å². The summed E-state index contributed by atoms with van der Waals surface area (Å²) in [7, 11) is 6.17. The Morgan fingerprint density at radius 1 is 1.07 bits per heavy atom. The van der Waals surface area contributed by atoms with Crippen LogP contribution < -0.4 is 11.1 Å². The smallest absolute Gasteiger partial charge is 0.329 e. The Balaban J connectivity index is 1.75. The van der Waals surface area contributed by atoms with Crippen LogP contribution in [0.2, 0.25) is 0 Å². The molecule has 46 heavy (non-hydrogen) atoms. The third kappa shape index (κ3) is 8.09. The molecule has 1 aromatic rings. The number of carbonyl (C=O) groups excluding carboxylic acids is 4. The summed E-state index contributed by atoms with van der Waals surface area (Å²) in [5, 5.41) is 2.94. The summed E-state index contributed by atoms with van der Waals surface area (Å²) in [6.45, 7) is 10.2. The predicted molar refractivity (Wildman–Crippen MR) is 176 cm³/mol. The second-order valence-corrected chi connectivity index (χ2v) is 13.4. The first-order valence-corrected chi connectivity index (χ1v) is 16.7. The topological polar surface area (TPSA) is 141 Å². The second-order valence-electron chi connectivity index (χ2n) is 13.4. The summed E-state index contributed by atoms with van der Waals surface area (Å²) >= 11 is 0. The number of likely N-dealkylation sites (N-methyl/N-ethyl adjacent to an activating group) is 1. The molecular formula is C35H56N4O7. The molecule has 3 amide bonds. The molecule has 0 aromatic heterocycles. The molecule has 0 saturated carbocycles. The van der Waals surface area contributed by atoms with Gasteiger partial charge in [-0.1, -0.05) is 65.3 Å². The van der Waals surface area contributed by atoms with E-state index in [4.69, 9.17) is 19.9 Å². The van der Waals surface area contributed by atoms with Crippen LogP contribution in [0.3, 0.4) is 0 Å². The number of fused-ring (bicyclic) bond motifs is 1. The van der Waals surface area contributed by atoms with Gasteiger partial charge in [0, 0.05) is 33.7 Å². The van der Waals surface area contributed by atoms with Crippen molar-refractivity contribution in [3.63, 3.8) is 0 Å². The van der Waals surface area contributed by atoms with Crippen molar-refractivity contribution in [3.8, 4) is 0 Å². The SMILES string of the molecule is CCC(C)C(C(CC(=O)N1CCCC1C(OC)C(C)C(=O)NC(C(=O)OC)C1Cc2ccccc21)OC)N(C)C(=O)C(N)C(C)C. The Morgan fingerprint density at radius 2 is 1.74 bits per heavy atom. The number of ether oxygens (including phenoxy) is 3. The fourth-order valence-electron chi connectivity index (χ4n) is 7.16. The van der Waals surface area contributed by atoms with E-state index in [1.54, 1.807) is 38.0 Å². The molecule has 3 rings (SSSR count). The zero-order valence-electron chi connectivity index (χ0n) is 29.2. The van der Waals surface area contributed by atoms with Crippen LogP contribution >= 0.6 is 0 Å². The number of methoxy groups -OCH3 is 3. The summed E-state index contributed by atoms with van der Waals surface area (Å²) in [5.41, 5.74) is 8.41. The number of carbonyl (C=O) groups is 4. The minimum absolute atomic E-state index is 0.0295. The Morgan fingerprint density at radius 3 is 2.30 bits per heavy atom. The Hall–Kier alpha value is -3.02. The maximum absolute atomic E-state index is 13.9. The highest BCUT2D eigenvalue weighted by atomic mass is 16.5. The lowest BCUT2D eigenvalue weighted by atomic mass is 9.73. The fraction of sp³-hybridized carbons (Fsp3) is 0.714. The van der Waals surface area contributed by atoms with Gasteiger partial charge in [0.15, 0.2) is 0 Å². The van der Waals surface area contributed by atoms with Crippen molar-refractivity contribution in [2.45, 2.75) is 109 Å². The zero-order chi connectivity index (χ0) is 34.3. The number of hydrogen-bond donors (Lipinski definition) is 2. The summed E-state index contributed by atoms with van der Waals surface area (Å²) in [5.74, 6) is -1.92. The van der Waals surface area contributed by atoms with Crippen LogP contribution in [0.5, 0.6) is 0 Å². The first kappa shape index (κ1) is 37.4. The summed E-state index contributed by atoms with van der Waals surface area (Å²) in [6, 6.07) is 5.71. The highest BCUT2D eigenvalue weighted by Gasteiger charge is 2.44. The van der Waals surface area contributed by atoms with Gasteiger partial charge in [0.25, 0.3) is 0 Å². The lowest BCUT2D eigenvalue weighted by Gasteiger charge is -2.40. The molecule has 1 saturated heterocycles. The van der Waals surface area contributed by atoms with E-state index in [0.717, 1.165) is 24.0 Å². The molecule has 11 heteroatoms. The van der Waals surface area contributed by atoms with E-state index in [9.17, 15) is 19.2 Å². The highest BCUT2D eigenvalue weighted by Crippen LogP contribution is 2.38. The van der Waals surface area contributed by atoms with Crippen molar-refractivity contribution in [2.75, 3.05) is 34.9 Å². The molecule has 1 fully saturated rings. The van der Waals surface area contributed by atoms with E-state index in [1.807, 2.05) is 45.0 Å². The minimum atomic E-state index is -0.822. The van der Waals surface area contributed by atoms with Crippen LogP contribution in [0.15, 0.2) is 24.3 Å². The molecule has 9 atom stereocenters.